The molecule has 0 aliphatic heterocycles. The monoisotopic (exact) mass is 299 g/mol. The quantitative estimate of drug-likeness (QED) is 0.783. The second-order valence-electron chi connectivity index (χ2n) is 5.66. The number of aryl methyl sites for hydroxylation is 1. The maximum absolute atomic E-state index is 9.27. The van der Waals surface area contributed by atoms with Gasteiger partial charge in [0.15, 0.2) is 0 Å². The molecule has 0 unspecified atom stereocenters. The van der Waals surface area contributed by atoms with Crippen molar-refractivity contribution in [2.24, 2.45) is 0 Å². The fourth-order valence-corrected chi connectivity index (χ4v) is 2.40. The van der Waals surface area contributed by atoms with Gasteiger partial charge in [-0.15, -0.1) is 0 Å². The number of hydrogen-bond acceptors (Lipinski definition) is 3. The Labute approximate surface area is 133 Å². The van der Waals surface area contributed by atoms with Gasteiger partial charge in [0, 0.05) is 6.04 Å². The fourth-order valence-electron chi connectivity index (χ4n) is 2.40. The molecule has 2 aromatic carbocycles. The lowest BCUT2D eigenvalue weighted by atomic mass is 10.1. The number of benzene rings is 2. The molecule has 0 aliphatic rings. The van der Waals surface area contributed by atoms with Crippen LogP contribution in [0.3, 0.4) is 0 Å². The third-order valence-corrected chi connectivity index (χ3v) is 3.87. The third kappa shape index (κ3) is 5.41. The van der Waals surface area contributed by atoms with Crippen molar-refractivity contribution < 1.29 is 9.84 Å². The number of aromatic hydroxyl groups is 1. The van der Waals surface area contributed by atoms with Crippen LogP contribution in [0.5, 0.6) is 11.5 Å². The molecular weight excluding hydrogens is 274 g/mol. The van der Waals surface area contributed by atoms with Gasteiger partial charge in [0.2, 0.25) is 0 Å². The summed E-state index contributed by atoms with van der Waals surface area (Å²) >= 11 is 0. The van der Waals surface area contributed by atoms with Crippen LogP contribution in [0.2, 0.25) is 0 Å². The Morgan fingerprint density at radius 1 is 0.955 bits per heavy atom. The first-order valence-corrected chi connectivity index (χ1v) is 7.81. The van der Waals surface area contributed by atoms with Gasteiger partial charge in [-0.2, -0.15) is 0 Å². The van der Waals surface area contributed by atoms with Gasteiger partial charge >= 0.3 is 0 Å². The number of phenols is 1. The van der Waals surface area contributed by atoms with E-state index in [-0.39, 0.29) is 0 Å². The summed E-state index contributed by atoms with van der Waals surface area (Å²) in [7, 11) is 1.69. The largest absolute Gasteiger partial charge is 0.508 e. The first-order valence-electron chi connectivity index (χ1n) is 7.81. The van der Waals surface area contributed by atoms with Crippen LogP contribution >= 0.6 is 0 Å². The van der Waals surface area contributed by atoms with E-state index in [9.17, 15) is 5.11 Å². The molecule has 118 valence electrons. The van der Waals surface area contributed by atoms with Crippen molar-refractivity contribution in [2.75, 3.05) is 13.7 Å². The van der Waals surface area contributed by atoms with Gasteiger partial charge in [0.25, 0.3) is 0 Å². The molecule has 0 heterocycles. The summed E-state index contributed by atoms with van der Waals surface area (Å²) in [6, 6.07) is 16.2. The molecule has 2 rings (SSSR count). The Bertz CT molecular complexity index is 549. The van der Waals surface area contributed by atoms with Gasteiger partial charge in [-0.1, -0.05) is 24.3 Å². The van der Waals surface area contributed by atoms with Crippen molar-refractivity contribution in [3.8, 4) is 11.5 Å². The highest BCUT2D eigenvalue weighted by Crippen LogP contribution is 2.13. The van der Waals surface area contributed by atoms with E-state index in [1.165, 1.54) is 11.1 Å². The lowest BCUT2D eigenvalue weighted by Gasteiger charge is -2.14. The van der Waals surface area contributed by atoms with Gasteiger partial charge in [0.05, 0.1) is 7.11 Å². The minimum absolute atomic E-state index is 0.328. The van der Waals surface area contributed by atoms with Crippen LogP contribution in [0.1, 0.15) is 24.5 Å². The first kappa shape index (κ1) is 16.4. The lowest BCUT2D eigenvalue weighted by Crippen LogP contribution is -2.28. The Kier molecular flexibility index (Phi) is 6.28. The number of hydrogen-bond donors (Lipinski definition) is 2. The Hall–Kier alpha value is -2.00. The van der Waals surface area contributed by atoms with Crippen LogP contribution in [0.15, 0.2) is 48.5 Å². The number of methoxy groups -OCH3 is 1. The summed E-state index contributed by atoms with van der Waals surface area (Å²) in [5.74, 6) is 1.23. The smallest absolute Gasteiger partial charge is 0.118 e. The molecule has 0 saturated heterocycles. The van der Waals surface area contributed by atoms with Gasteiger partial charge in [-0.3, -0.25) is 0 Å². The molecule has 0 radical (unpaired) electrons. The molecule has 3 nitrogen and oxygen atoms in total. The molecule has 3 heteroatoms. The van der Waals surface area contributed by atoms with Gasteiger partial charge in [-0.05, 0) is 68.1 Å². The number of rotatable bonds is 8. The molecule has 0 spiro atoms. The zero-order chi connectivity index (χ0) is 15.8. The van der Waals surface area contributed by atoms with Gasteiger partial charge in [0.1, 0.15) is 11.5 Å². The number of ether oxygens (including phenoxy) is 1. The summed E-state index contributed by atoms with van der Waals surface area (Å²) < 4.78 is 5.16. The third-order valence-electron chi connectivity index (χ3n) is 3.87. The number of nitrogens with one attached hydrogen (secondary N) is 1. The van der Waals surface area contributed by atoms with E-state index in [1.807, 2.05) is 24.3 Å². The maximum Gasteiger partial charge on any atom is 0.118 e. The molecular formula is C19H25NO2. The van der Waals surface area contributed by atoms with Crippen molar-refractivity contribution in [1.29, 1.82) is 0 Å². The predicted molar refractivity (Wildman–Crippen MR) is 90.6 cm³/mol. The van der Waals surface area contributed by atoms with Crippen molar-refractivity contribution in [1.82, 2.24) is 5.32 Å². The van der Waals surface area contributed by atoms with Crippen LogP contribution in [0.4, 0.5) is 0 Å². The summed E-state index contributed by atoms with van der Waals surface area (Å²) in [5, 5.41) is 12.8. The van der Waals surface area contributed by atoms with E-state index in [1.54, 1.807) is 19.2 Å². The van der Waals surface area contributed by atoms with E-state index in [2.05, 4.69) is 24.4 Å². The SMILES string of the molecule is COc1ccc(CCN[C@H](C)CCc2ccc(O)cc2)cc1. The molecule has 0 saturated carbocycles. The second kappa shape index (κ2) is 8.44. The van der Waals surface area contributed by atoms with Crippen LogP contribution < -0.4 is 10.1 Å². The first-order chi connectivity index (χ1) is 10.7. The van der Waals surface area contributed by atoms with Crippen molar-refractivity contribution in [3.63, 3.8) is 0 Å². The molecule has 0 aromatic heterocycles. The zero-order valence-corrected chi connectivity index (χ0v) is 13.4. The molecule has 0 fully saturated rings. The molecule has 2 aromatic rings. The van der Waals surface area contributed by atoms with Crippen LogP contribution in [-0.2, 0) is 12.8 Å². The lowest BCUT2D eigenvalue weighted by molar-refractivity contribution is 0.414. The molecule has 0 bridgehead atoms. The highest BCUT2D eigenvalue weighted by atomic mass is 16.5. The summed E-state index contributed by atoms with van der Waals surface area (Å²) in [6.45, 7) is 3.19. The van der Waals surface area contributed by atoms with Gasteiger partial charge in [-0.25, -0.2) is 0 Å². The van der Waals surface area contributed by atoms with Crippen molar-refractivity contribution in [3.05, 3.63) is 59.7 Å². The summed E-state index contributed by atoms with van der Waals surface area (Å²) in [5.41, 5.74) is 2.58. The maximum atomic E-state index is 9.27. The average molecular weight is 299 g/mol. The van der Waals surface area contributed by atoms with E-state index >= 15 is 0 Å². The molecule has 1 atom stereocenters. The molecule has 0 amide bonds. The zero-order valence-electron chi connectivity index (χ0n) is 13.4. The minimum Gasteiger partial charge on any atom is -0.508 e. The standard InChI is InChI=1S/C19H25NO2/c1-15(3-4-16-5-9-18(21)10-6-16)20-14-13-17-7-11-19(22-2)12-8-17/h5-12,15,20-21H,3-4,13-14H2,1-2H3/t15-/m1/s1. The van der Waals surface area contributed by atoms with Crippen LogP contribution in [0.25, 0.3) is 0 Å². The predicted octanol–water partition coefficient (Wildman–Crippen LogP) is 3.55. The summed E-state index contributed by atoms with van der Waals surface area (Å²) in [6.07, 6.45) is 3.14. The molecule has 2 N–H and O–H groups in total. The van der Waals surface area contributed by atoms with Crippen LogP contribution in [-0.4, -0.2) is 24.8 Å². The summed E-state index contributed by atoms with van der Waals surface area (Å²) in [4.78, 5) is 0. The molecule has 22 heavy (non-hydrogen) atoms. The van der Waals surface area contributed by atoms with Crippen LogP contribution in [0, 0.1) is 0 Å². The Morgan fingerprint density at radius 3 is 2.18 bits per heavy atom. The minimum atomic E-state index is 0.328. The normalized spacial score (nSPS) is 12.1. The van der Waals surface area contributed by atoms with E-state index < -0.39 is 0 Å². The second-order valence-corrected chi connectivity index (χ2v) is 5.66. The topological polar surface area (TPSA) is 41.5 Å². The van der Waals surface area contributed by atoms with Crippen molar-refractivity contribution in [2.45, 2.75) is 32.2 Å². The van der Waals surface area contributed by atoms with E-state index in [0.29, 0.717) is 11.8 Å². The number of phenolic OH excluding ortho intramolecular Hbond substituents is 1. The van der Waals surface area contributed by atoms with Gasteiger partial charge < -0.3 is 15.2 Å². The fraction of sp³-hybridized carbons (Fsp3) is 0.368. The molecule has 0 aliphatic carbocycles. The highest BCUT2D eigenvalue weighted by Gasteiger charge is 2.03. The van der Waals surface area contributed by atoms with E-state index in [0.717, 1.165) is 31.6 Å². The Morgan fingerprint density at radius 2 is 1.55 bits per heavy atom. The average Bonchev–Trinajstić information content (AvgIpc) is 2.55. The van der Waals surface area contributed by atoms with E-state index in [4.69, 9.17) is 4.74 Å². The Balaban J connectivity index is 1.66. The van der Waals surface area contributed by atoms with Crippen molar-refractivity contribution >= 4 is 0 Å². The highest BCUT2D eigenvalue weighted by molar-refractivity contribution is 5.27.